The number of aryl methyl sites for hydroxylation is 1. The third kappa shape index (κ3) is 5.08. The van der Waals surface area contributed by atoms with Gasteiger partial charge in [-0.25, -0.2) is 0 Å². The summed E-state index contributed by atoms with van der Waals surface area (Å²) >= 11 is 11.8. The number of nitrogens with zero attached hydrogens (tertiary/aromatic N) is 1. The molecule has 1 atom stereocenters. The van der Waals surface area contributed by atoms with E-state index in [-0.39, 0.29) is 23.9 Å². The minimum Gasteiger partial charge on any atom is -0.455 e. The predicted molar refractivity (Wildman–Crippen MR) is 112 cm³/mol. The smallest absolute Gasteiger partial charge is 0.311 e. The van der Waals surface area contributed by atoms with Gasteiger partial charge in [0, 0.05) is 23.7 Å². The molecule has 2 aromatic rings. The lowest BCUT2D eigenvalue weighted by molar-refractivity contribution is -0.151. The molecule has 1 aliphatic heterocycles. The van der Waals surface area contributed by atoms with Crippen LogP contribution in [0.5, 0.6) is 0 Å². The molecule has 2 amide bonds. The van der Waals surface area contributed by atoms with Crippen LogP contribution < -0.4 is 10.2 Å². The van der Waals surface area contributed by atoms with Crippen molar-refractivity contribution in [2.24, 2.45) is 5.92 Å². The summed E-state index contributed by atoms with van der Waals surface area (Å²) in [5.41, 5.74) is 2.22. The quantitative estimate of drug-likeness (QED) is 0.694. The van der Waals surface area contributed by atoms with Gasteiger partial charge in [0.2, 0.25) is 5.91 Å². The number of esters is 1. The van der Waals surface area contributed by atoms with Crippen molar-refractivity contribution in [1.82, 2.24) is 0 Å². The molecule has 29 heavy (non-hydrogen) atoms. The van der Waals surface area contributed by atoms with Crippen LogP contribution in [0.3, 0.4) is 0 Å². The average molecular weight is 435 g/mol. The van der Waals surface area contributed by atoms with Crippen LogP contribution in [0.25, 0.3) is 0 Å². The van der Waals surface area contributed by atoms with Crippen molar-refractivity contribution in [3.05, 3.63) is 58.1 Å². The highest BCUT2D eigenvalue weighted by atomic mass is 35.5. The lowest BCUT2D eigenvalue weighted by Crippen LogP contribution is -2.28. The Kier molecular flexibility index (Phi) is 6.77. The van der Waals surface area contributed by atoms with Crippen LogP contribution in [-0.4, -0.2) is 30.9 Å². The predicted octanol–water partition coefficient (Wildman–Crippen LogP) is 4.09. The second kappa shape index (κ2) is 9.29. The zero-order chi connectivity index (χ0) is 21.0. The number of para-hydroxylation sites is 1. The van der Waals surface area contributed by atoms with E-state index in [9.17, 15) is 14.4 Å². The van der Waals surface area contributed by atoms with Gasteiger partial charge in [0.25, 0.3) is 5.91 Å². The monoisotopic (exact) mass is 434 g/mol. The van der Waals surface area contributed by atoms with Crippen LogP contribution >= 0.6 is 23.2 Å². The van der Waals surface area contributed by atoms with E-state index in [1.165, 1.54) is 6.07 Å². The standard InChI is InChI=1S/C21H20Cl2N2O4/c1-2-13-5-3-4-6-18(13)25-11-14(9-20(25)27)21(28)29-12-19(26)24-17-8-7-15(22)10-16(17)23/h3-8,10,14H,2,9,11-12H2,1H3,(H,24,26)/t14-/m1/s1. The van der Waals surface area contributed by atoms with Gasteiger partial charge in [-0.15, -0.1) is 0 Å². The van der Waals surface area contributed by atoms with Crippen molar-refractivity contribution < 1.29 is 19.1 Å². The zero-order valence-electron chi connectivity index (χ0n) is 15.8. The number of carbonyl (C=O) groups excluding carboxylic acids is 3. The minimum atomic E-state index is -0.612. The van der Waals surface area contributed by atoms with E-state index in [1.54, 1.807) is 17.0 Å². The lowest BCUT2D eigenvalue weighted by Gasteiger charge is -2.19. The van der Waals surface area contributed by atoms with Crippen molar-refractivity contribution in [1.29, 1.82) is 0 Å². The molecule has 0 radical (unpaired) electrons. The van der Waals surface area contributed by atoms with Crippen LogP contribution in [0, 0.1) is 5.92 Å². The Balaban J connectivity index is 1.56. The zero-order valence-corrected chi connectivity index (χ0v) is 17.3. The molecule has 0 saturated carbocycles. The first kappa shape index (κ1) is 21.1. The lowest BCUT2D eigenvalue weighted by atomic mass is 10.1. The summed E-state index contributed by atoms with van der Waals surface area (Å²) in [5, 5.41) is 3.28. The third-order valence-corrected chi connectivity index (χ3v) is 5.22. The normalized spacial score (nSPS) is 16.0. The van der Waals surface area contributed by atoms with E-state index in [1.807, 2.05) is 31.2 Å². The van der Waals surface area contributed by atoms with E-state index >= 15 is 0 Å². The van der Waals surface area contributed by atoms with Crippen LogP contribution in [0.15, 0.2) is 42.5 Å². The fourth-order valence-corrected chi connectivity index (χ4v) is 3.66. The highest BCUT2D eigenvalue weighted by molar-refractivity contribution is 6.36. The second-order valence-electron chi connectivity index (χ2n) is 6.67. The van der Waals surface area contributed by atoms with Crippen LogP contribution in [-0.2, 0) is 25.5 Å². The number of hydrogen-bond donors (Lipinski definition) is 1. The van der Waals surface area contributed by atoms with Gasteiger partial charge in [0.15, 0.2) is 6.61 Å². The Morgan fingerprint density at radius 1 is 1.21 bits per heavy atom. The van der Waals surface area contributed by atoms with Gasteiger partial charge in [-0.1, -0.05) is 48.3 Å². The number of ether oxygens (including phenoxy) is 1. The van der Waals surface area contributed by atoms with Crippen LogP contribution in [0.4, 0.5) is 11.4 Å². The molecule has 6 nitrogen and oxygen atoms in total. The van der Waals surface area contributed by atoms with Gasteiger partial charge < -0.3 is 15.0 Å². The summed E-state index contributed by atoms with van der Waals surface area (Å²) in [5.74, 6) is -1.85. The molecule has 3 rings (SSSR count). The topological polar surface area (TPSA) is 75.7 Å². The fourth-order valence-electron chi connectivity index (χ4n) is 3.20. The summed E-state index contributed by atoms with van der Waals surface area (Å²) in [6.45, 7) is 1.78. The van der Waals surface area contributed by atoms with Gasteiger partial charge >= 0.3 is 5.97 Å². The molecule has 0 unspecified atom stereocenters. The number of halogens is 2. The SMILES string of the molecule is CCc1ccccc1N1C[C@H](C(=O)OCC(=O)Nc2ccc(Cl)cc2Cl)CC1=O. The van der Waals surface area contributed by atoms with Crippen molar-refractivity contribution in [3.8, 4) is 0 Å². The number of amides is 2. The van der Waals surface area contributed by atoms with Crippen molar-refractivity contribution in [2.45, 2.75) is 19.8 Å². The summed E-state index contributed by atoms with van der Waals surface area (Å²) in [4.78, 5) is 38.4. The molecular weight excluding hydrogens is 415 g/mol. The maximum absolute atomic E-state index is 12.4. The van der Waals surface area contributed by atoms with Crippen molar-refractivity contribution >= 4 is 52.4 Å². The maximum atomic E-state index is 12.4. The Morgan fingerprint density at radius 2 is 1.97 bits per heavy atom. The van der Waals surface area contributed by atoms with Crippen molar-refractivity contribution in [2.75, 3.05) is 23.4 Å². The number of carbonyl (C=O) groups is 3. The van der Waals surface area contributed by atoms with Gasteiger partial charge in [-0.3, -0.25) is 14.4 Å². The first-order valence-electron chi connectivity index (χ1n) is 9.18. The molecule has 152 valence electrons. The van der Waals surface area contributed by atoms with Crippen LogP contribution in [0.1, 0.15) is 18.9 Å². The number of anilines is 2. The van der Waals surface area contributed by atoms with Gasteiger partial charge in [-0.2, -0.15) is 0 Å². The summed E-state index contributed by atoms with van der Waals surface area (Å²) in [7, 11) is 0. The fraction of sp³-hybridized carbons (Fsp3) is 0.286. The first-order valence-corrected chi connectivity index (χ1v) is 9.94. The Hall–Kier alpha value is -2.57. The molecule has 1 saturated heterocycles. The summed E-state index contributed by atoms with van der Waals surface area (Å²) in [6, 6.07) is 12.2. The van der Waals surface area contributed by atoms with Gasteiger partial charge in [0.1, 0.15) is 0 Å². The molecule has 0 spiro atoms. The molecule has 8 heteroatoms. The van der Waals surface area contributed by atoms with E-state index in [0.717, 1.165) is 17.7 Å². The maximum Gasteiger partial charge on any atom is 0.311 e. The first-order chi connectivity index (χ1) is 13.9. The van der Waals surface area contributed by atoms with E-state index in [4.69, 9.17) is 27.9 Å². The third-order valence-electron chi connectivity index (χ3n) is 4.67. The summed E-state index contributed by atoms with van der Waals surface area (Å²) in [6.07, 6.45) is 0.837. The van der Waals surface area contributed by atoms with E-state index < -0.39 is 24.4 Å². The molecule has 0 bridgehead atoms. The van der Waals surface area contributed by atoms with Gasteiger partial charge in [0.05, 0.1) is 16.6 Å². The Morgan fingerprint density at radius 3 is 2.69 bits per heavy atom. The summed E-state index contributed by atoms with van der Waals surface area (Å²) < 4.78 is 5.11. The molecule has 1 fully saturated rings. The average Bonchev–Trinajstić information content (AvgIpc) is 3.09. The minimum absolute atomic E-state index is 0.0571. The van der Waals surface area contributed by atoms with E-state index in [2.05, 4.69) is 5.32 Å². The number of rotatable bonds is 6. The Labute approximate surface area is 178 Å². The number of nitrogens with one attached hydrogen (secondary N) is 1. The molecule has 0 aliphatic carbocycles. The molecule has 2 aromatic carbocycles. The van der Waals surface area contributed by atoms with E-state index in [0.29, 0.717) is 10.7 Å². The highest BCUT2D eigenvalue weighted by Gasteiger charge is 2.37. The molecule has 1 heterocycles. The van der Waals surface area contributed by atoms with Crippen molar-refractivity contribution in [3.63, 3.8) is 0 Å². The molecule has 0 aromatic heterocycles. The number of hydrogen-bond acceptors (Lipinski definition) is 4. The number of benzene rings is 2. The molecular formula is C21H20Cl2N2O4. The second-order valence-corrected chi connectivity index (χ2v) is 7.51. The Bertz CT molecular complexity index is 948. The van der Waals surface area contributed by atoms with Crippen LogP contribution in [0.2, 0.25) is 10.0 Å². The molecule has 1 aliphatic rings. The molecule has 1 N–H and O–H groups in total. The van der Waals surface area contributed by atoms with Gasteiger partial charge in [-0.05, 0) is 36.2 Å². The largest absolute Gasteiger partial charge is 0.455 e. The highest BCUT2D eigenvalue weighted by Crippen LogP contribution is 2.29.